The standard InChI is InChI=1S/C26H16Cl2N2O3/c27-17-6-11-24-22(14-17)30-26(33-24)20-15-18(7-10-21(20)28)29-25(31)13-9-19-8-12-23(32-19)16-4-2-1-3-5-16/h1-15H,(H,29,31)/b13-9+. The molecule has 1 amide bonds. The van der Waals surface area contributed by atoms with Crippen LogP contribution in [0, 0.1) is 0 Å². The molecule has 0 spiro atoms. The lowest BCUT2D eigenvalue weighted by Gasteiger charge is -2.05. The number of hydrogen-bond donors (Lipinski definition) is 1. The number of fused-ring (bicyclic) bond motifs is 1. The molecule has 5 nitrogen and oxygen atoms in total. The number of hydrogen-bond acceptors (Lipinski definition) is 4. The summed E-state index contributed by atoms with van der Waals surface area (Å²) in [4.78, 5) is 16.9. The highest BCUT2D eigenvalue weighted by atomic mass is 35.5. The minimum Gasteiger partial charge on any atom is -0.457 e. The van der Waals surface area contributed by atoms with Crippen LogP contribution in [0.1, 0.15) is 5.76 Å². The number of nitrogens with zero attached hydrogens (tertiary/aromatic N) is 1. The third kappa shape index (κ3) is 4.70. The molecule has 0 fully saturated rings. The lowest BCUT2D eigenvalue weighted by Crippen LogP contribution is -2.07. The van der Waals surface area contributed by atoms with Gasteiger partial charge in [0.25, 0.3) is 0 Å². The summed E-state index contributed by atoms with van der Waals surface area (Å²) in [5, 5.41) is 3.83. The molecule has 0 aliphatic heterocycles. The van der Waals surface area contributed by atoms with Gasteiger partial charge in [-0.3, -0.25) is 4.79 Å². The van der Waals surface area contributed by atoms with Gasteiger partial charge in [-0.2, -0.15) is 0 Å². The van der Waals surface area contributed by atoms with Crippen molar-refractivity contribution in [1.29, 1.82) is 0 Å². The fourth-order valence-corrected chi connectivity index (χ4v) is 3.69. The lowest BCUT2D eigenvalue weighted by molar-refractivity contribution is -0.111. The number of carbonyl (C=O) groups is 1. The zero-order chi connectivity index (χ0) is 22.8. The van der Waals surface area contributed by atoms with E-state index in [2.05, 4.69) is 10.3 Å². The van der Waals surface area contributed by atoms with Gasteiger partial charge >= 0.3 is 0 Å². The van der Waals surface area contributed by atoms with Crippen molar-refractivity contribution in [2.75, 3.05) is 5.32 Å². The van der Waals surface area contributed by atoms with Gasteiger partial charge in [0, 0.05) is 22.3 Å². The summed E-state index contributed by atoms with van der Waals surface area (Å²) >= 11 is 12.4. The van der Waals surface area contributed by atoms with Gasteiger partial charge < -0.3 is 14.2 Å². The van der Waals surface area contributed by atoms with Crippen LogP contribution in [0.3, 0.4) is 0 Å². The summed E-state index contributed by atoms with van der Waals surface area (Å²) in [7, 11) is 0. The van der Waals surface area contributed by atoms with Crippen molar-refractivity contribution in [3.8, 4) is 22.8 Å². The molecule has 0 bridgehead atoms. The highest BCUT2D eigenvalue weighted by Gasteiger charge is 2.13. The lowest BCUT2D eigenvalue weighted by atomic mass is 10.2. The van der Waals surface area contributed by atoms with E-state index in [1.165, 1.54) is 6.08 Å². The first-order valence-electron chi connectivity index (χ1n) is 10.1. The van der Waals surface area contributed by atoms with E-state index in [0.717, 1.165) is 11.3 Å². The van der Waals surface area contributed by atoms with E-state index < -0.39 is 0 Å². The molecule has 5 aromatic rings. The van der Waals surface area contributed by atoms with Gasteiger partial charge in [0.15, 0.2) is 5.58 Å². The average molecular weight is 475 g/mol. The van der Waals surface area contributed by atoms with E-state index in [0.29, 0.717) is 44.0 Å². The minimum atomic E-state index is -0.315. The number of anilines is 1. The van der Waals surface area contributed by atoms with Crippen LogP contribution >= 0.6 is 23.2 Å². The molecule has 7 heteroatoms. The van der Waals surface area contributed by atoms with Gasteiger partial charge in [-0.1, -0.05) is 53.5 Å². The van der Waals surface area contributed by atoms with E-state index in [1.807, 2.05) is 42.5 Å². The van der Waals surface area contributed by atoms with Gasteiger partial charge in [0.05, 0.1) is 10.6 Å². The summed E-state index contributed by atoms with van der Waals surface area (Å²) in [6.45, 7) is 0. The summed E-state index contributed by atoms with van der Waals surface area (Å²) in [6.07, 6.45) is 3.02. The molecular formula is C26H16Cl2N2O3. The van der Waals surface area contributed by atoms with Crippen LogP contribution in [0.15, 0.2) is 93.8 Å². The Morgan fingerprint density at radius 2 is 1.76 bits per heavy atom. The molecule has 1 N–H and O–H groups in total. The van der Waals surface area contributed by atoms with Crippen molar-refractivity contribution in [1.82, 2.24) is 4.98 Å². The van der Waals surface area contributed by atoms with Crippen LogP contribution in [-0.4, -0.2) is 10.9 Å². The molecular weight excluding hydrogens is 459 g/mol. The van der Waals surface area contributed by atoms with Crippen LogP contribution in [-0.2, 0) is 4.79 Å². The second-order valence-corrected chi connectivity index (χ2v) is 8.06. The first kappa shape index (κ1) is 21.1. The maximum Gasteiger partial charge on any atom is 0.248 e. The number of furan rings is 1. The van der Waals surface area contributed by atoms with E-state index in [4.69, 9.17) is 32.0 Å². The molecule has 0 radical (unpaired) electrons. The van der Waals surface area contributed by atoms with Crippen molar-refractivity contribution >= 4 is 52.0 Å². The maximum atomic E-state index is 12.4. The van der Waals surface area contributed by atoms with Crippen molar-refractivity contribution in [2.45, 2.75) is 0 Å². The predicted molar refractivity (Wildman–Crippen MR) is 131 cm³/mol. The molecule has 5 rings (SSSR count). The second-order valence-electron chi connectivity index (χ2n) is 7.22. The summed E-state index contributed by atoms with van der Waals surface area (Å²) in [6, 6.07) is 23.7. The van der Waals surface area contributed by atoms with Gasteiger partial charge in [-0.15, -0.1) is 0 Å². The van der Waals surface area contributed by atoms with Crippen LogP contribution in [0.2, 0.25) is 10.0 Å². The molecule has 0 atom stereocenters. The maximum absolute atomic E-state index is 12.4. The Bertz CT molecular complexity index is 1490. The molecule has 0 saturated carbocycles. The Morgan fingerprint density at radius 1 is 0.909 bits per heavy atom. The molecule has 0 aliphatic carbocycles. The number of benzene rings is 3. The zero-order valence-electron chi connectivity index (χ0n) is 17.1. The van der Waals surface area contributed by atoms with Crippen molar-refractivity contribution < 1.29 is 13.6 Å². The molecule has 3 aromatic carbocycles. The smallest absolute Gasteiger partial charge is 0.248 e. The monoisotopic (exact) mass is 474 g/mol. The largest absolute Gasteiger partial charge is 0.457 e. The van der Waals surface area contributed by atoms with Crippen LogP contribution < -0.4 is 5.32 Å². The Hall–Kier alpha value is -3.80. The Balaban J connectivity index is 1.32. The summed E-state index contributed by atoms with van der Waals surface area (Å²) in [5.74, 6) is 1.33. The molecule has 0 saturated heterocycles. The molecule has 2 heterocycles. The third-order valence-corrected chi connectivity index (χ3v) is 5.46. The number of aromatic nitrogens is 1. The molecule has 162 valence electrons. The van der Waals surface area contributed by atoms with Crippen LogP contribution in [0.25, 0.3) is 40.0 Å². The van der Waals surface area contributed by atoms with Crippen molar-refractivity contribution in [3.05, 3.63) is 101 Å². The van der Waals surface area contributed by atoms with Crippen molar-refractivity contribution in [3.63, 3.8) is 0 Å². The van der Waals surface area contributed by atoms with E-state index in [-0.39, 0.29) is 5.91 Å². The first-order chi connectivity index (χ1) is 16.0. The predicted octanol–water partition coefficient (Wildman–Crippen LogP) is 7.71. The molecule has 0 aliphatic rings. The minimum absolute atomic E-state index is 0.315. The van der Waals surface area contributed by atoms with Crippen LogP contribution in [0.5, 0.6) is 0 Å². The quantitative estimate of drug-likeness (QED) is 0.264. The normalized spacial score (nSPS) is 11.3. The number of oxazole rings is 1. The number of halogens is 2. The summed E-state index contributed by atoms with van der Waals surface area (Å²) in [5.41, 5.74) is 3.30. The fourth-order valence-electron chi connectivity index (χ4n) is 3.32. The SMILES string of the molecule is O=C(/C=C/c1ccc(-c2ccccc2)o1)Nc1ccc(Cl)c(-c2nc3cc(Cl)ccc3o2)c1. The molecule has 2 aromatic heterocycles. The van der Waals surface area contributed by atoms with Crippen LogP contribution in [0.4, 0.5) is 5.69 Å². The average Bonchev–Trinajstić information content (AvgIpc) is 3.46. The summed E-state index contributed by atoms with van der Waals surface area (Å²) < 4.78 is 11.6. The Kier molecular flexibility index (Phi) is 5.73. The zero-order valence-corrected chi connectivity index (χ0v) is 18.6. The van der Waals surface area contributed by atoms with E-state index >= 15 is 0 Å². The molecule has 0 unspecified atom stereocenters. The van der Waals surface area contributed by atoms with E-state index in [9.17, 15) is 4.79 Å². The van der Waals surface area contributed by atoms with E-state index in [1.54, 1.807) is 42.5 Å². The number of amides is 1. The van der Waals surface area contributed by atoms with Gasteiger partial charge in [0.2, 0.25) is 11.8 Å². The highest BCUT2D eigenvalue weighted by Crippen LogP contribution is 2.33. The van der Waals surface area contributed by atoms with Gasteiger partial charge in [0.1, 0.15) is 17.0 Å². The fraction of sp³-hybridized carbons (Fsp3) is 0. The Labute approximate surface area is 199 Å². The Morgan fingerprint density at radius 3 is 2.61 bits per heavy atom. The first-order valence-corrected chi connectivity index (χ1v) is 10.8. The van der Waals surface area contributed by atoms with Gasteiger partial charge in [-0.25, -0.2) is 4.98 Å². The van der Waals surface area contributed by atoms with Gasteiger partial charge in [-0.05, 0) is 54.6 Å². The highest BCUT2D eigenvalue weighted by molar-refractivity contribution is 6.33. The topological polar surface area (TPSA) is 68.3 Å². The number of rotatable bonds is 5. The third-order valence-electron chi connectivity index (χ3n) is 4.90. The number of carbonyl (C=O) groups excluding carboxylic acids is 1. The second kappa shape index (κ2) is 8.98. The van der Waals surface area contributed by atoms with Crippen molar-refractivity contribution in [2.24, 2.45) is 0 Å². The molecule has 33 heavy (non-hydrogen) atoms. The number of nitrogens with one attached hydrogen (secondary N) is 1.